The second-order valence-corrected chi connectivity index (χ2v) is 8.41. The molecule has 4 atom stereocenters. The maximum Gasteiger partial charge on any atom is 0.338 e. The molecule has 0 bridgehead atoms. The molecule has 0 aromatic heterocycles. The molecule has 3 nitrogen and oxygen atoms in total. The summed E-state index contributed by atoms with van der Waals surface area (Å²) in [6.07, 6.45) is 0.888. The van der Waals surface area contributed by atoms with E-state index in [2.05, 4.69) is 0 Å². The predicted molar refractivity (Wildman–Crippen MR) is 112 cm³/mol. The second-order valence-electron chi connectivity index (χ2n) is 7.15. The zero-order valence-corrected chi connectivity index (χ0v) is 17.3. The molecule has 1 heterocycles. The van der Waals surface area contributed by atoms with Gasteiger partial charge in [-0.05, 0) is 23.3 Å². The summed E-state index contributed by atoms with van der Waals surface area (Å²) in [6, 6.07) is 17.5. The zero-order chi connectivity index (χ0) is 19.7. The third-order valence-electron chi connectivity index (χ3n) is 5.56. The molecule has 2 fully saturated rings. The average molecular weight is 438 g/mol. The Bertz CT molecular complexity index is 876. The van der Waals surface area contributed by atoms with Crippen LogP contribution in [0, 0.1) is 11.8 Å². The number of ether oxygens (including phenoxy) is 2. The molecule has 0 unspecified atom stereocenters. The molecule has 2 aromatic rings. The van der Waals surface area contributed by atoms with Crippen LogP contribution in [0.4, 0.5) is 0 Å². The zero-order valence-electron chi connectivity index (χ0n) is 15.0. The number of benzene rings is 2. The molecule has 1 aliphatic carbocycles. The molecule has 0 amide bonds. The minimum absolute atomic E-state index is 0.0180. The van der Waals surface area contributed by atoms with Crippen LogP contribution in [0.25, 0.3) is 11.1 Å². The molecule has 0 radical (unpaired) electrons. The van der Waals surface area contributed by atoms with Gasteiger partial charge in [0.1, 0.15) is 22.5 Å². The van der Waals surface area contributed by atoms with Crippen molar-refractivity contribution in [1.29, 1.82) is 0 Å². The highest BCUT2D eigenvalue weighted by molar-refractivity contribution is 6.56. The van der Waals surface area contributed by atoms with E-state index >= 15 is 0 Å². The summed E-state index contributed by atoms with van der Waals surface area (Å²) in [4.78, 5) is 12.6. The van der Waals surface area contributed by atoms with Crippen LogP contribution in [-0.4, -0.2) is 24.1 Å². The van der Waals surface area contributed by atoms with Crippen LogP contribution in [0.1, 0.15) is 23.2 Å². The monoisotopic (exact) mass is 436 g/mol. The van der Waals surface area contributed by atoms with Gasteiger partial charge >= 0.3 is 5.97 Å². The van der Waals surface area contributed by atoms with E-state index in [9.17, 15) is 4.79 Å². The lowest BCUT2D eigenvalue weighted by Crippen LogP contribution is -2.26. The molecule has 4 rings (SSSR count). The quantitative estimate of drug-likeness (QED) is 0.422. The summed E-state index contributed by atoms with van der Waals surface area (Å²) in [7, 11) is 0. The number of carbonyl (C=O) groups is 1. The highest BCUT2D eigenvalue weighted by Gasteiger charge is 2.50. The van der Waals surface area contributed by atoms with Crippen molar-refractivity contribution in [2.75, 3.05) is 5.88 Å². The summed E-state index contributed by atoms with van der Waals surface area (Å²) < 4.78 is 11.8. The smallest absolute Gasteiger partial charge is 0.338 e. The molecule has 1 saturated carbocycles. The number of hydrogen-bond acceptors (Lipinski definition) is 3. The minimum Gasteiger partial charge on any atom is -0.492 e. The van der Waals surface area contributed by atoms with Crippen molar-refractivity contribution < 1.29 is 14.3 Å². The van der Waals surface area contributed by atoms with Crippen molar-refractivity contribution in [3.05, 3.63) is 70.4 Å². The Labute approximate surface area is 179 Å². The lowest BCUT2D eigenvalue weighted by molar-refractivity contribution is 0.0178. The number of alkyl halides is 1. The molecule has 1 saturated heterocycles. The molecule has 146 valence electrons. The van der Waals surface area contributed by atoms with E-state index < -0.39 is 0 Å². The molecule has 28 heavy (non-hydrogen) atoms. The van der Waals surface area contributed by atoms with Crippen LogP contribution in [-0.2, 0) is 9.47 Å². The standard InChI is InChI=1S/C22H19Cl3O3/c23-12-17-16-10-20(21(24)25)27-18(16)11-19(17)28-22(26)15-8-6-14(7-9-15)13-4-2-1-3-5-13/h1-9,16-19H,10-12H2/t16-,17-,18+,19-/m1/s1. The second kappa shape index (κ2) is 8.36. The third kappa shape index (κ3) is 3.89. The van der Waals surface area contributed by atoms with Crippen molar-refractivity contribution in [2.45, 2.75) is 25.0 Å². The van der Waals surface area contributed by atoms with Gasteiger partial charge in [0.25, 0.3) is 0 Å². The van der Waals surface area contributed by atoms with Gasteiger partial charge in [-0.15, -0.1) is 11.6 Å². The van der Waals surface area contributed by atoms with E-state index in [-0.39, 0.29) is 34.5 Å². The fourth-order valence-corrected chi connectivity index (χ4v) is 4.77. The van der Waals surface area contributed by atoms with Crippen molar-refractivity contribution in [2.24, 2.45) is 11.8 Å². The van der Waals surface area contributed by atoms with Crippen molar-refractivity contribution in [3.63, 3.8) is 0 Å². The van der Waals surface area contributed by atoms with Gasteiger partial charge in [-0.25, -0.2) is 4.79 Å². The van der Waals surface area contributed by atoms with Gasteiger partial charge in [-0.2, -0.15) is 0 Å². The Hall–Kier alpha value is -1.68. The van der Waals surface area contributed by atoms with Crippen LogP contribution in [0.15, 0.2) is 64.8 Å². The van der Waals surface area contributed by atoms with Crippen molar-refractivity contribution in [3.8, 4) is 11.1 Å². The highest BCUT2D eigenvalue weighted by atomic mass is 35.5. The number of rotatable bonds is 4. The number of fused-ring (bicyclic) bond motifs is 1. The molecule has 0 spiro atoms. The summed E-state index contributed by atoms with van der Waals surface area (Å²) in [6.45, 7) is 0. The summed E-state index contributed by atoms with van der Waals surface area (Å²) >= 11 is 17.9. The van der Waals surface area contributed by atoms with Crippen LogP contribution in [0.5, 0.6) is 0 Å². The summed E-state index contributed by atoms with van der Waals surface area (Å²) in [5, 5.41) is 0. The Morgan fingerprint density at radius 3 is 2.36 bits per heavy atom. The van der Waals surface area contributed by atoms with Crippen molar-refractivity contribution in [1.82, 2.24) is 0 Å². The van der Waals surface area contributed by atoms with E-state index in [1.54, 1.807) is 12.1 Å². The van der Waals surface area contributed by atoms with E-state index in [1.165, 1.54) is 0 Å². The van der Waals surface area contributed by atoms with Crippen LogP contribution >= 0.6 is 34.8 Å². The molecule has 6 heteroatoms. The van der Waals surface area contributed by atoms with Gasteiger partial charge in [0.05, 0.1) is 5.56 Å². The first-order valence-corrected chi connectivity index (χ1v) is 10.5. The SMILES string of the molecule is O=C(O[C@@H]1C[C@@H]2OC(=C(Cl)Cl)C[C@@H]2[C@H]1CCl)c1ccc(-c2ccccc2)cc1. The molecular weight excluding hydrogens is 419 g/mol. The van der Waals surface area contributed by atoms with E-state index in [4.69, 9.17) is 44.3 Å². The fraction of sp³-hybridized carbons (Fsp3) is 0.318. The predicted octanol–water partition coefficient (Wildman–Crippen LogP) is 6.19. The lowest BCUT2D eigenvalue weighted by atomic mass is 9.93. The normalized spacial score (nSPS) is 25.9. The van der Waals surface area contributed by atoms with Crippen LogP contribution < -0.4 is 0 Å². The third-order valence-corrected chi connectivity index (χ3v) is 6.34. The van der Waals surface area contributed by atoms with Gasteiger partial charge in [0.2, 0.25) is 0 Å². The Morgan fingerprint density at radius 2 is 1.71 bits per heavy atom. The number of carbonyl (C=O) groups excluding carboxylic acids is 1. The molecule has 2 aliphatic rings. The van der Waals surface area contributed by atoms with Gasteiger partial charge < -0.3 is 9.47 Å². The fourth-order valence-electron chi connectivity index (χ4n) is 4.10. The maximum atomic E-state index is 12.6. The highest BCUT2D eigenvalue weighted by Crippen LogP contribution is 2.48. The summed E-state index contributed by atoms with van der Waals surface area (Å²) in [5.41, 5.74) is 2.68. The topological polar surface area (TPSA) is 35.5 Å². The Kier molecular flexibility index (Phi) is 5.86. The van der Waals surface area contributed by atoms with Crippen molar-refractivity contribution >= 4 is 40.8 Å². The first-order valence-electron chi connectivity index (χ1n) is 9.20. The van der Waals surface area contributed by atoms with Gasteiger partial charge in [-0.3, -0.25) is 0 Å². The number of halogens is 3. The first-order chi connectivity index (χ1) is 13.6. The van der Waals surface area contributed by atoms with Gasteiger partial charge in [0.15, 0.2) is 0 Å². The lowest BCUT2D eigenvalue weighted by Gasteiger charge is -2.21. The average Bonchev–Trinajstić information content (AvgIpc) is 3.26. The molecule has 1 aliphatic heterocycles. The summed E-state index contributed by atoms with van der Waals surface area (Å²) in [5.74, 6) is 0.839. The maximum absolute atomic E-state index is 12.6. The van der Waals surface area contributed by atoms with Crippen LogP contribution in [0.2, 0.25) is 0 Å². The van der Waals surface area contributed by atoms with E-state index in [0.29, 0.717) is 30.0 Å². The number of esters is 1. The first kappa shape index (κ1) is 19.6. The number of allylic oxidation sites excluding steroid dienone is 1. The minimum atomic E-state index is -0.342. The number of hydrogen-bond donors (Lipinski definition) is 0. The van der Waals surface area contributed by atoms with E-state index in [1.807, 2.05) is 42.5 Å². The largest absolute Gasteiger partial charge is 0.492 e. The Balaban J connectivity index is 1.43. The molecule has 0 N–H and O–H groups in total. The van der Waals surface area contributed by atoms with E-state index in [0.717, 1.165) is 11.1 Å². The molecule has 2 aromatic carbocycles. The molecular formula is C22H19Cl3O3. The van der Waals surface area contributed by atoms with Crippen LogP contribution in [0.3, 0.4) is 0 Å². The van der Waals surface area contributed by atoms with Gasteiger partial charge in [-0.1, -0.05) is 65.7 Å². The Morgan fingerprint density at radius 1 is 1.04 bits per heavy atom. The van der Waals surface area contributed by atoms with Gasteiger partial charge in [0, 0.05) is 30.6 Å².